The van der Waals surface area contributed by atoms with Crippen molar-refractivity contribution < 1.29 is 4.39 Å². The van der Waals surface area contributed by atoms with Crippen LogP contribution in [0.4, 0.5) is 4.39 Å². The number of likely N-dealkylation sites (tertiary alicyclic amines) is 1. The normalized spacial score (nSPS) is 16.5. The number of halogens is 5. The number of hydrogen-bond acceptors (Lipinski definition) is 3. The van der Waals surface area contributed by atoms with Gasteiger partial charge in [0, 0.05) is 30.8 Å². The standard InChI is InChI=1S/C20H27FN4.4ClH/c1-15-13-17(3-4-18(15)21)19-14-25(12-11-24-9-2-10-24)20(23-19)16-5-7-22-8-6-16;;;;/h3-4,13-14,16,22H,2,5-12H2,1H3;4*1H. The lowest BCUT2D eigenvalue weighted by Crippen LogP contribution is -2.39. The number of hydrogen-bond donors (Lipinski definition) is 1. The Hall–Kier alpha value is -0.560. The maximum absolute atomic E-state index is 13.6. The maximum Gasteiger partial charge on any atom is 0.126 e. The van der Waals surface area contributed by atoms with E-state index in [0.717, 1.165) is 50.3 Å². The van der Waals surface area contributed by atoms with E-state index in [2.05, 4.69) is 21.0 Å². The molecular formula is C20H31Cl4FN4. The zero-order valence-corrected chi connectivity index (χ0v) is 19.9. The molecule has 0 atom stereocenters. The van der Waals surface area contributed by atoms with Gasteiger partial charge in [0.1, 0.15) is 11.6 Å². The molecule has 0 amide bonds. The molecule has 0 unspecified atom stereocenters. The summed E-state index contributed by atoms with van der Waals surface area (Å²) in [6.07, 6.45) is 5.78. The molecule has 3 heterocycles. The molecule has 2 aliphatic heterocycles. The van der Waals surface area contributed by atoms with Gasteiger partial charge in [0.15, 0.2) is 0 Å². The number of rotatable bonds is 5. The van der Waals surface area contributed by atoms with Crippen molar-refractivity contribution in [2.45, 2.75) is 38.6 Å². The van der Waals surface area contributed by atoms with E-state index >= 15 is 0 Å². The lowest BCUT2D eigenvalue weighted by atomic mass is 9.97. The van der Waals surface area contributed by atoms with Gasteiger partial charge in [0.2, 0.25) is 0 Å². The van der Waals surface area contributed by atoms with E-state index in [1.54, 1.807) is 6.07 Å². The van der Waals surface area contributed by atoms with Crippen LogP contribution < -0.4 is 5.32 Å². The zero-order chi connectivity index (χ0) is 17.2. The highest BCUT2D eigenvalue weighted by Gasteiger charge is 2.23. The molecule has 1 N–H and O–H groups in total. The summed E-state index contributed by atoms with van der Waals surface area (Å²) in [5.74, 6) is 1.58. The molecule has 1 aromatic heterocycles. The highest BCUT2D eigenvalue weighted by molar-refractivity contribution is 5.86. The average molecular weight is 488 g/mol. The van der Waals surface area contributed by atoms with Crippen molar-refractivity contribution in [3.63, 3.8) is 0 Å². The first-order chi connectivity index (χ1) is 12.2. The molecule has 4 nitrogen and oxygen atoms in total. The summed E-state index contributed by atoms with van der Waals surface area (Å²) in [5.41, 5.74) is 2.66. The van der Waals surface area contributed by atoms with Gasteiger partial charge in [-0.25, -0.2) is 9.37 Å². The fourth-order valence-electron chi connectivity index (χ4n) is 3.81. The topological polar surface area (TPSA) is 33.1 Å². The van der Waals surface area contributed by atoms with E-state index < -0.39 is 0 Å². The minimum Gasteiger partial charge on any atom is -0.333 e. The van der Waals surface area contributed by atoms with Gasteiger partial charge in [0.05, 0.1) is 5.69 Å². The molecule has 29 heavy (non-hydrogen) atoms. The third-order valence-corrected chi connectivity index (χ3v) is 5.57. The van der Waals surface area contributed by atoms with Crippen molar-refractivity contribution in [1.29, 1.82) is 0 Å². The second-order valence-corrected chi connectivity index (χ2v) is 7.36. The predicted octanol–water partition coefficient (Wildman–Crippen LogP) is 4.86. The highest BCUT2D eigenvalue weighted by Crippen LogP contribution is 2.29. The SMILES string of the molecule is Cc1cc(-c2cn(CCN3CCC3)c(C3CCNCC3)n2)ccc1F.Cl.Cl.Cl.Cl. The van der Waals surface area contributed by atoms with E-state index in [1.807, 2.05) is 19.1 Å². The predicted molar refractivity (Wildman–Crippen MR) is 127 cm³/mol. The molecule has 2 fully saturated rings. The molecule has 0 saturated carbocycles. The van der Waals surface area contributed by atoms with Crippen LogP contribution in [0.3, 0.4) is 0 Å². The number of aryl methyl sites for hydroxylation is 1. The molecule has 2 aromatic rings. The van der Waals surface area contributed by atoms with Crippen molar-refractivity contribution in [3.8, 4) is 11.3 Å². The molecule has 0 bridgehead atoms. The highest BCUT2D eigenvalue weighted by atomic mass is 35.5. The average Bonchev–Trinajstić information content (AvgIpc) is 3.01. The number of piperidine rings is 1. The Morgan fingerprint density at radius 1 is 1.07 bits per heavy atom. The van der Waals surface area contributed by atoms with Crippen molar-refractivity contribution >= 4 is 49.6 Å². The van der Waals surface area contributed by atoms with Crippen molar-refractivity contribution in [3.05, 3.63) is 41.6 Å². The van der Waals surface area contributed by atoms with Crippen LogP contribution in [0.25, 0.3) is 11.3 Å². The molecule has 0 radical (unpaired) electrons. The fraction of sp³-hybridized carbons (Fsp3) is 0.550. The second-order valence-electron chi connectivity index (χ2n) is 7.36. The van der Waals surface area contributed by atoms with Crippen LogP contribution in [-0.4, -0.2) is 47.2 Å². The van der Waals surface area contributed by atoms with Crippen LogP contribution in [0.15, 0.2) is 24.4 Å². The molecule has 4 rings (SSSR count). The summed E-state index contributed by atoms with van der Waals surface area (Å²) < 4.78 is 16.0. The molecule has 2 saturated heterocycles. The van der Waals surface area contributed by atoms with Crippen LogP contribution in [0.2, 0.25) is 0 Å². The third kappa shape index (κ3) is 6.71. The van der Waals surface area contributed by atoms with Gasteiger partial charge in [-0.15, -0.1) is 49.6 Å². The summed E-state index contributed by atoms with van der Waals surface area (Å²) in [4.78, 5) is 7.48. The maximum atomic E-state index is 13.6. The molecule has 2 aliphatic rings. The van der Waals surface area contributed by atoms with E-state index in [1.165, 1.54) is 25.3 Å². The Bertz CT molecular complexity index is 746. The Balaban J connectivity index is 0.00000196. The Morgan fingerprint density at radius 3 is 2.34 bits per heavy atom. The number of nitrogens with one attached hydrogen (secondary N) is 1. The first-order valence-electron chi connectivity index (χ1n) is 9.47. The molecule has 1 aromatic carbocycles. The first-order valence-corrected chi connectivity index (χ1v) is 9.47. The van der Waals surface area contributed by atoms with Crippen LogP contribution in [0, 0.1) is 12.7 Å². The quantitative estimate of drug-likeness (QED) is 0.653. The smallest absolute Gasteiger partial charge is 0.126 e. The van der Waals surface area contributed by atoms with Crippen molar-refractivity contribution in [2.24, 2.45) is 0 Å². The Labute approximate surface area is 197 Å². The second kappa shape index (κ2) is 13.0. The van der Waals surface area contributed by atoms with Crippen LogP contribution in [-0.2, 0) is 6.54 Å². The van der Waals surface area contributed by atoms with Gasteiger partial charge in [-0.2, -0.15) is 0 Å². The molecule has 0 spiro atoms. The molecular weight excluding hydrogens is 457 g/mol. The van der Waals surface area contributed by atoms with Gasteiger partial charge in [0.25, 0.3) is 0 Å². The summed E-state index contributed by atoms with van der Waals surface area (Å²) in [5, 5.41) is 3.44. The first kappa shape index (κ1) is 28.4. The Morgan fingerprint density at radius 2 is 1.76 bits per heavy atom. The monoisotopic (exact) mass is 486 g/mol. The van der Waals surface area contributed by atoms with Crippen molar-refractivity contribution in [1.82, 2.24) is 19.8 Å². The van der Waals surface area contributed by atoms with E-state index in [-0.39, 0.29) is 55.4 Å². The third-order valence-electron chi connectivity index (χ3n) is 5.57. The largest absolute Gasteiger partial charge is 0.333 e. The summed E-state index contributed by atoms with van der Waals surface area (Å²) in [6, 6.07) is 5.30. The number of imidazole rings is 1. The van der Waals surface area contributed by atoms with E-state index in [0.29, 0.717) is 11.5 Å². The van der Waals surface area contributed by atoms with E-state index in [4.69, 9.17) is 4.98 Å². The number of aromatic nitrogens is 2. The van der Waals surface area contributed by atoms with Gasteiger partial charge >= 0.3 is 0 Å². The lowest BCUT2D eigenvalue weighted by Gasteiger charge is -2.31. The molecule has 9 heteroatoms. The van der Waals surface area contributed by atoms with Crippen LogP contribution >= 0.6 is 49.6 Å². The van der Waals surface area contributed by atoms with Gasteiger partial charge in [-0.1, -0.05) is 0 Å². The van der Waals surface area contributed by atoms with Crippen LogP contribution in [0.5, 0.6) is 0 Å². The van der Waals surface area contributed by atoms with Gasteiger partial charge in [-0.05, 0) is 76.1 Å². The zero-order valence-electron chi connectivity index (χ0n) is 16.6. The van der Waals surface area contributed by atoms with Gasteiger partial charge < -0.3 is 14.8 Å². The minimum absolute atomic E-state index is 0. The Kier molecular flexibility index (Phi) is 12.7. The van der Waals surface area contributed by atoms with Crippen LogP contribution in [0.1, 0.15) is 36.6 Å². The number of benzene rings is 1. The van der Waals surface area contributed by atoms with Gasteiger partial charge in [-0.3, -0.25) is 0 Å². The molecule has 166 valence electrons. The lowest BCUT2D eigenvalue weighted by molar-refractivity contribution is 0.173. The molecule has 0 aliphatic carbocycles. The summed E-state index contributed by atoms with van der Waals surface area (Å²) in [6.45, 7) is 8.47. The summed E-state index contributed by atoms with van der Waals surface area (Å²) >= 11 is 0. The van der Waals surface area contributed by atoms with Crippen molar-refractivity contribution in [2.75, 3.05) is 32.7 Å². The fourth-order valence-corrected chi connectivity index (χ4v) is 3.81. The summed E-state index contributed by atoms with van der Waals surface area (Å²) in [7, 11) is 0. The number of nitrogens with zero attached hydrogens (tertiary/aromatic N) is 3. The van der Waals surface area contributed by atoms with E-state index in [9.17, 15) is 4.39 Å². The minimum atomic E-state index is -0.153.